The van der Waals surface area contributed by atoms with Crippen molar-refractivity contribution in [2.75, 3.05) is 12.4 Å². The summed E-state index contributed by atoms with van der Waals surface area (Å²) in [7, 11) is 1.60. The molecule has 6 heteroatoms. The van der Waals surface area contributed by atoms with E-state index >= 15 is 0 Å². The van der Waals surface area contributed by atoms with Gasteiger partial charge in [0.05, 0.1) is 36.7 Å². The largest absolute Gasteiger partial charge is 0.497 e. The number of aliphatic hydroxyl groups is 1. The molecule has 5 nitrogen and oxygen atoms in total. The topological polar surface area (TPSA) is 67.3 Å². The van der Waals surface area contributed by atoms with Crippen molar-refractivity contribution >= 4 is 17.5 Å². The Bertz CT molecular complexity index is 545. The number of benzene rings is 1. The minimum atomic E-state index is -0.680. The molecular formula is C14H16ClN3O2. The van der Waals surface area contributed by atoms with Gasteiger partial charge >= 0.3 is 0 Å². The van der Waals surface area contributed by atoms with Crippen molar-refractivity contribution in [3.63, 3.8) is 0 Å². The van der Waals surface area contributed by atoms with Crippen LogP contribution in [0.15, 0.2) is 36.7 Å². The first-order chi connectivity index (χ1) is 9.60. The highest BCUT2D eigenvalue weighted by Crippen LogP contribution is 2.21. The highest BCUT2D eigenvalue weighted by Gasteiger charge is 2.17. The molecule has 0 aliphatic rings. The zero-order valence-corrected chi connectivity index (χ0v) is 12.0. The quantitative estimate of drug-likeness (QED) is 0.887. The van der Waals surface area contributed by atoms with Crippen molar-refractivity contribution in [3.8, 4) is 5.75 Å². The third kappa shape index (κ3) is 3.59. The van der Waals surface area contributed by atoms with E-state index in [0.29, 0.717) is 11.0 Å². The molecule has 0 radical (unpaired) electrons. The van der Waals surface area contributed by atoms with Gasteiger partial charge in [-0.1, -0.05) is 23.7 Å². The summed E-state index contributed by atoms with van der Waals surface area (Å²) < 4.78 is 5.09. The second kappa shape index (κ2) is 6.54. The number of nitrogens with one attached hydrogen (secondary N) is 1. The lowest BCUT2D eigenvalue weighted by atomic mass is 10.0. The summed E-state index contributed by atoms with van der Waals surface area (Å²) in [5.74, 6) is 1.18. The number of hydrogen-bond acceptors (Lipinski definition) is 5. The zero-order valence-electron chi connectivity index (χ0n) is 11.2. The fraction of sp³-hybridized carbons (Fsp3) is 0.286. The molecule has 0 spiro atoms. The molecule has 0 amide bonds. The number of rotatable bonds is 5. The van der Waals surface area contributed by atoms with E-state index in [1.165, 1.54) is 12.4 Å². The predicted molar refractivity (Wildman–Crippen MR) is 78.1 cm³/mol. The van der Waals surface area contributed by atoms with Crippen LogP contribution in [0.3, 0.4) is 0 Å². The molecule has 1 aromatic heterocycles. The molecule has 0 aliphatic carbocycles. The molecule has 0 aliphatic heterocycles. The fourth-order valence-corrected chi connectivity index (χ4v) is 1.86. The first-order valence-corrected chi connectivity index (χ1v) is 6.54. The van der Waals surface area contributed by atoms with Gasteiger partial charge in [0.1, 0.15) is 5.75 Å². The first kappa shape index (κ1) is 14.6. The van der Waals surface area contributed by atoms with Crippen molar-refractivity contribution in [1.82, 2.24) is 9.97 Å². The lowest BCUT2D eigenvalue weighted by Crippen LogP contribution is -2.25. The van der Waals surface area contributed by atoms with Crippen LogP contribution < -0.4 is 10.1 Å². The summed E-state index contributed by atoms with van der Waals surface area (Å²) >= 11 is 5.72. The molecule has 20 heavy (non-hydrogen) atoms. The van der Waals surface area contributed by atoms with Crippen LogP contribution in [0, 0.1) is 0 Å². The molecule has 106 valence electrons. The molecule has 2 rings (SSSR count). The highest BCUT2D eigenvalue weighted by atomic mass is 35.5. The van der Waals surface area contributed by atoms with Crippen LogP contribution in [-0.2, 0) is 0 Å². The minimum absolute atomic E-state index is 0.246. The average molecular weight is 294 g/mol. The molecule has 2 aromatic rings. The molecule has 2 N–H and O–H groups in total. The number of halogens is 1. The number of methoxy groups -OCH3 is 1. The van der Waals surface area contributed by atoms with Crippen molar-refractivity contribution in [2.45, 2.75) is 19.1 Å². The molecule has 0 fully saturated rings. The number of ether oxygens (including phenoxy) is 1. The van der Waals surface area contributed by atoms with Crippen LogP contribution in [0.4, 0.5) is 5.95 Å². The number of aliphatic hydroxyl groups excluding tert-OH is 1. The van der Waals surface area contributed by atoms with Gasteiger partial charge in [-0.05, 0) is 24.6 Å². The van der Waals surface area contributed by atoms with Crippen molar-refractivity contribution < 1.29 is 9.84 Å². The maximum Gasteiger partial charge on any atom is 0.222 e. The van der Waals surface area contributed by atoms with Crippen molar-refractivity contribution in [2.24, 2.45) is 0 Å². The van der Waals surface area contributed by atoms with E-state index in [-0.39, 0.29) is 6.04 Å². The summed E-state index contributed by atoms with van der Waals surface area (Å²) in [6.45, 7) is 1.85. The number of anilines is 1. The Morgan fingerprint density at radius 2 is 1.80 bits per heavy atom. The summed E-state index contributed by atoms with van der Waals surface area (Å²) in [4.78, 5) is 8.07. The Hall–Kier alpha value is -1.85. The first-order valence-electron chi connectivity index (χ1n) is 6.16. The van der Waals surface area contributed by atoms with Crippen LogP contribution in [0.1, 0.15) is 18.6 Å². The van der Waals surface area contributed by atoms with E-state index in [1.54, 1.807) is 7.11 Å². The van der Waals surface area contributed by atoms with E-state index in [1.807, 2.05) is 31.2 Å². The smallest absolute Gasteiger partial charge is 0.222 e. The SMILES string of the molecule is COc1ccc([C@@H](O)[C@H](C)Nc2ncc(Cl)cn2)cc1. The average Bonchev–Trinajstić information content (AvgIpc) is 2.49. The van der Waals surface area contributed by atoms with Gasteiger partial charge in [0, 0.05) is 0 Å². The van der Waals surface area contributed by atoms with Gasteiger partial charge in [0.2, 0.25) is 5.95 Å². The normalized spacial score (nSPS) is 13.6. The molecule has 1 heterocycles. The summed E-state index contributed by atoms with van der Waals surface area (Å²) in [5, 5.41) is 13.8. The van der Waals surface area contributed by atoms with Crippen LogP contribution in [-0.4, -0.2) is 28.2 Å². The molecule has 0 saturated carbocycles. The van der Waals surface area contributed by atoms with Crippen LogP contribution in [0.25, 0.3) is 0 Å². The molecule has 0 unspecified atom stereocenters. The Labute approximate surface area is 122 Å². The van der Waals surface area contributed by atoms with E-state index < -0.39 is 6.10 Å². The zero-order chi connectivity index (χ0) is 14.5. The summed E-state index contributed by atoms with van der Waals surface area (Å²) in [5.41, 5.74) is 0.791. The van der Waals surface area contributed by atoms with Gasteiger partial charge < -0.3 is 15.2 Å². The Morgan fingerprint density at radius 1 is 1.20 bits per heavy atom. The van der Waals surface area contributed by atoms with E-state index in [4.69, 9.17) is 16.3 Å². The van der Waals surface area contributed by atoms with Crippen LogP contribution in [0.2, 0.25) is 5.02 Å². The Kier molecular flexibility index (Phi) is 4.76. The lowest BCUT2D eigenvalue weighted by molar-refractivity contribution is 0.160. The van der Waals surface area contributed by atoms with Gasteiger partial charge in [-0.2, -0.15) is 0 Å². The van der Waals surface area contributed by atoms with Crippen LogP contribution >= 0.6 is 11.6 Å². The van der Waals surface area contributed by atoms with Gasteiger partial charge in [-0.3, -0.25) is 0 Å². The molecule has 0 bridgehead atoms. The second-order valence-corrected chi connectivity index (χ2v) is 4.81. The maximum absolute atomic E-state index is 10.3. The standard InChI is InChI=1S/C14H16ClN3O2/c1-9(18-14-16-7-11(15)8-17-14)13(19)10-3-5-12(20-2)6-4-10/h3-9,13,19H,1-2H3,(H,16,17,18)/t9-,13-/m0/s1. The number of hydrogen-bond donors (Lipinski definition) is 2. The third-order valence-electron chi connectivity index (χ3n) is 2.91. The summed E-state index contributed by atoms with van der Waals surface area (Å²) in [6.07, 6.45) is 2.33. The van der Waals surface area contributed by atoms with Crippen LogP contribution in [0.5, 0.6) is 5.75 Å². The van der Waals surface area contributed by atoms with Crippen molar-refractivity contribution in [1.29, 1.82) is 0 Å². The molecule has 2 atom stereocenters. The number of aromatic nitrogens is 2. The fourth-order valence-electron chi connectivity index (χ4n) is 1.76. The van der Waals surface area contributed by atoms with Gasteiger partial charge in [0.15, 0.2) is 0 Å². The Balaban J connectivity index is 2.03. The maximum atomic E-state index is 10.3. The van der Waals surface area contributed by atoms with E-state index in [9.17, 15) is 5.11 Å². The minimum Gasteiger partial charge on any atom is -0.497 e. The van der Waals surface area contributed by atoms with Gasteiger partial charge in [-0.15, -0.1) is 0 Å². The third-order valence-corrected chi connectivity index (χ3v) is 3.10. The Morgan fingerprint density at radius 3 is 2.35 bits per heavy atom. The predicted octanol–water partition coefficient (Wildman–Crippen LogP) is 2.67. The number of nitrogens with zero attached hydrogens (tertiary/aromatic N) is 2. The van der Waals surface area contributed by atoms with Gasteiger partial charge in [-0.25, -0.2) is 9.97 Å². The molecule has 0 saturated heterocycles. The second-order valence-electron chi connectivity index (χ2n) is 4.38. The summed E-state index contributed by atoms with van der Waals surface area (Å²) in [6, 6.07) is 7.02. The van der Waals surface area contributed by atoms with Gasteiger partial charge in [0.25, 0.3) is 0 Å². The highest BCUT2D eigenvalue weighted by molar-refractivity contribution is 6.30. The van der Waals surface area contributed by atoms with E-state index in [0.717, 1.165) is 11.3 Å². The lowest BCUT2D eigenvalue weighted by Gasteiger charge is -2.20. The van der Waals surface area contributed by atoms with Crippen molar-refractivity contribution in [3.05, 3.63) is 47.2 Å². The van der Waals surface area contributed by atoms with E-state index in [2.05, 4.69) is 15.3 Å². The monoisotopic (exact) mass is 293 g/mol. The molecular weight excluding hydrogens is 278 g/mol. The molecule has 1 aromatic carbocycles.